The van der Waals surface area contributed by atoms with Gasteiger partial charge in [0.2, 0.25) is 0 Å². The molecule has 1 fully saturated rings. The van der Waals surface area contributed by atoms with E-state index in [1.165, 1.54) is 17.4 Å². The van der Waals surface area contributed by atoms with Gasteiger partial charge in [0, 0.05) is 0 Å². The van der Waals surface area contributed by atoms with Gasteiger partial charge in [-0.2, -0.15) is 5.10 Å². The Labute approximate surface area is 116 Å². The lowest BCUT2D eigenvalue weighted by atomic mass is 9.94. The van der Waals surface area contributed by atoms with E-state index in [2.05, 4.69) is 10.1 Å². The first-order chi connectivity index (χ1) is 9.61. The summed E-state index contributed by atoms with van der Waals surface area (Å²) in [5.41, 5.74) is 5.92. The summed E-state index contributed by atoms with van der Waals surface area (Å²) in [6.07, 6.45) is 4.82. The Balaban J connectivity index is 1.88. The van der Waals surface area contributed by atoms with Crippen LogP contribution >= 0.6 is 0 Å². The third kappa shape index (κ3) is 2.03. The summed E-state index contributed by atoms with van der Waals surface area (Å²) >= 11 is 0. The molecular weight excluding hydrogens is 263 g/mol. The van der Waals surface area contributed by atoms with E-state index in [1.807, 2.05) is 6.92 Å². The Hall–Kier alpha value is -1.73. The molecule has 4 unspecified atom stereocenters. The second-order valence-electron chi connectivity index (χ2n) is 5.25. The molecule has 108 valence electrons. The number of hydrogen-bond donors (Lipinski definition) is 2. The van der Waals surface area contributed by atoms with Crippen molar-refractivity contribution in [1.29, 1.82) is 0 Å². The van der Waals surface area contributed by atoms with Crippen molar-refractivity contribution < 1.29 is 14.2 Å². The van der Waals surface area contributed by atoms with Gasteiger partial charge in [0.15, 0.2) is 11.7 Å². The van der Waals surface area contributed by atoms with Crippen LogP contribution < -0.4 is 5.73 Å². The molecule has 0 aromatic carbocycles. The average Bonchev–Trinajstić information content (AvgIpc) is 2.80. The lowest BCUT2D eigenvalue weighted by Gasteiger charge is -2.36. The molecule has 6 nitrogen and oxygen atoms in total. The lowest BCUT2D eigenvalue weighted by molar-refractivity contribution is -0.0218. The van der Waals surface area contributed by atoms with Gasteiger partial charge in [0.1, 0.15) is 12.0 Å². The molecule has 0 spiro atoms. The first-order valence-electron chi connectivity index (χ1n) is 6.61. The van der Waals surface area contributed by atoms with Gasteiger partial charge in [-0.3, -0.25) is 0 Å². The molecular formula is C13H17FN4O2. The predicted octanol–water partition coefficient (Wildman–Crippen LogP) is 0.508. The van der Waals surface area contributed by atoms with Crippen LogP contribution in [0.1, 0.15) is 13.3 Å². The molecule has 3 aliphatic heterocycles. The first kappa shape index (κ1) is 13.3. The number of ether oxygens (including phenoxy) is 1. The number of amidine groups is 1. The van der Waals surface area contributed by atoms with Crippen LogP contribution in [-0.2, 0) is 4.74 Å². The SMILES string of the molecule is CC1CC(CO)OC1C1C=CC(F)=C2C(N)=NC=NN21. The standard InChI is InChI=1S/C13H17FN4O2/c1-7-4-8(5-19)20-12(7)10-3-2-9(14)11-13(15)16-6-17-18(10)11/h2-3,6-8,10,12,19H,4-5H2,1H3,(H2,15,16,17). The maximum absolute atomic E-state index is 13.9. The van der Waals surface area contributed by atoms with Crippen LogP contribution in [0.25, 0.3) is 0 Å². The quantitative estimate of drug-likeness (QED) is 0.772. The molecule has 0 aromatic heterocycles. The molecule has 4 atom stereocenters. The van der Waals surface area contributed by atoms with Gasteiger partial charge in [-0.25, -0.2) is 14.4 Å². The minimum atomic E-state index is -0.455. The van der Waals surface area contributed by atoms with Crippen LogP contribution in [0.3, 0.4) is 0 Å². The van der Waals surface area contributed by atoms with Gasteiger partial charge >= 0.3 is 0 Å². The Morgan fingerprint density at radius 2 is 2.40 bits per heavy atom. The van der Waals surface area contributed by atoms with Crippen LogP contribution in [0.5, 0.6) is 0 Å². The number of rotatable bonds is 2. The molecule has 0 amide bonds. The maximum Gasteiger partial charge on any atom is 0.153 e. The maximum atomic E-state index is 13.9. The molecule has 3 aliphatic rings. The highest BCUT2D eigenvalue weighted by Gasteiger charge is 2.42. The summed E-state index contributed by atoms with van der Waals surface area (Å²) in [5, 5.41) is 14.8. The average molecular weight is 280 g/mol. The number of aliphatic hydroxyl groups is 1. The van der Waals surface area contributed by atoms with Crippen molar-refractivity contribution in [3.63, 3.8) is 0 Å². The number of allylic oxidation sites excluding steroid dienone is 2. The van der Waals surface area contributed by atoms with E-state index in [-0.39, 0.29) is 42.3 Å². The highest BCUT2D eigenvalue weighted by molar-refractivity contribution is 6.02. The zero-order valence-electron chi connectivity index (χ0n) is 11.1. The molecule has 3 rings (SSSR count). The molecule has 0 aliphatic carbocycles. The smallest absolute Gasteiger partial charge is 0.153 e. The number of hydrazone groups is 1. The van der Waals surface area contributed by atoms with E-state index in [1.54, 1.807) is 6.08 Å². The van der Waals surface area contributed by atoms with Crippen LogP contribution in [-0.4, -0.2) is 47.1 Å². The monoisotopic (exact) mass is 280 g/mol. The summed E-state index contributed by atoms with van der Waals surface area (Å²) in [4.78, 5) is 3.82. The predicted molar refractivity (Wildman–Crippen MR) is 72.5 cm³/mol. The molecule has 1 saturated heterocycles. The molecule has 0 saturated carbocycles. The number of nitrogens with zero attached hydrogens (tertiary/aromatic N) is 3. The number of aliphatic imine (C=N–C) groups is 1. The summed E-state index contributed by atoms with van der Waals surface area (Å²) in [7, 11) is 0. The number of hydrogen-bond acceptors (Lipinski definition) is 6. The second-order valence-corrected chi connectivity index (χ2v) is 5.25. The van der Waals surface area contributed by atoms with Crippen molar-refractivity contribution in [2.24, 2.45) is 21.7 Å². The van der Waals surface area contributed by atoms with Crippen molar-refractivity contribution in [3.8, 4) is 0 Å². The van der Waals surface area contributed by atoms with Crippen molar-refractivity contribution in [3.05, 3.63) is 23.7 Å². The highest BCUT2D eigenvalue weighted by Crippen LogP contribution is 2.35. The van der Waals surface area contributed by atoms with E-state index >= 15 is 0 Å². The number of fused-ring (bicyclic) bond motifs is 1. The van der Waals surface area contributed by atoms with Crippen molar-refractivity contribution in [1.82, 2.24) is 5.01 Å². The summed E-state index contributed by atoms with van der Waals surface area (Å²) in [5.74, 6) is -0.112. The van der Waals surface area contributed by atoms with Gasteiger partial charge in [-0.05, 0) is 18.4 Å². The topological polar surface area (TPSA) is 83.4 Å². The number of halogens is 1. The van der Waals surface area contributed by atoms with Crippen LogP contribution in [0.4, 0.5) is 4.39 Å². The van der Waals surface area contributed by atoms with Crippen molar-refractivity contribution >= 4 is 12.2 Å². The zero-order chi connectivity index (χ0) is 14.3. The molecule has 3 heterocycles. The summed E-state index contributed by atoms with van der Waals surface area (Å²) in [6.45, 7) is 2.04. The zero-order valence-corrected chi connectivity index (χ0v) is 11.1. The third-order valence-electron chi connectivity index (χ3n) is 3.88. The van der Waals surface area contributed by atoms with E-state index in [4.69, 9.17) is 10.5 Å². The van der Waals surface area contributed by atoms with Gasteiger partial charge in [0.05, 0.1) is 24.9 Å². The van der Waals surface area contributed by atoms with E-state index in [9.17, 15) is 9.50 Å². The molecule has 0 bridgehead atoms. The Morgan fingerprint density at radius 1 is 1.60 bits per heavy atom. The Morgan fingerprint density at radius 3 is 3.10 bits per heavy atom. The van der Waals surface area contributed by atoms with E-state index < -0.39 is 5.83 Å². The van der Waals surface area contributed by atoms with Crippen molar-refractivity contribution in [2.45, 2.75) is 31.6 Å². The Bertz CT molecular complexity index is 528. The second kappa shape index (κ2) is 4.99. The van der Waals surface area contributed by atoms with E-state index in [0.717, 1.165) is 6.42 Å². The van der Waals surface area contributed by atoms with Crippen molar-refractivity contribution in [2.75, 3.05) is 6.61 Å². The first-order valence-corrected chi connectivity index (χ1v) is 6.61. The van der Waals surface area contributed by atoms with Gasteiger partial charge in [0.25, 0.3) is 0 Å². The fraction of sp³-hybridized carbons (Fsp3) is 0.538. The summed E-state index contributed by atoms with van der Waals surface area (Å²) < 4.78 is 19.7. The van der Waals surface area contributed by atoms with Crippen LogP contribution in [0.15, 0.2) is 33.8 Å². The molecule has 7 heteroatoms. The fourth-order valence-corrected chi connectivity index (χ4v) is 2.93. The molecule has 3 N–H and O–H groups in total. The molecule has 20 heavy (non-hydrogen) atoms. The fourth-order valence-electron chi connectivity index (χ4n) is 2.93. The Kier molecular flexibility index (Phi) is 3.31. The van der Waals surface area contributed by atoms with Gasteiger partial charge in [-0.15, -0.1) is 0 Å². The summed E-state index contributed by atoms with van der Waals surface area (Å²) in [6, 6.07) is -0.249. The van der Waals surface area contributed by atoms with Gasteiger partial charge in [-0.1, -0.05) is 13.0 Å². The largest absolute Gasteiger partial charge is 0.394 e. The highest BCUT2D eigenvalue weighted by atomic mass is 19.1. The number of nitrogens with two attached hydrogens (primary N) is 1. The lowest BCUT2D eigenvalue weighted by Crippen LogP contribution is -2.46. The molecule has 0 aromatic rings. The minimum absolute atomic E-state index is 0.0127. The minimum Gasteiger partial charge on any atom is -0.394 e. The molecule has 0 radical (unpaired) electrons. The third-order valence-corrected chi connectivity index (χ3v) is 3.88. The number of aliphatic hydroxyl groups excluding tert-OH is 1. The van der Waals surface area contributed by atoms with Crippen LogP contribution in [0.2, 0.25) is 0 Å². The van der Waals surface area contributed by atoms with Gasteiger partial charge < -0.3 is 15.6 Å². The normalized spacial score (nSPS) is 36.4. The van der Waals surface area contributed by atoms with Crippen LogP contribution in [0, 0.1) is 5.92 Å². The van der Waals surface area contributed by atoms with E-state index in [0.29, 0.717) is 0 Å².